The molecular formula is C15H18N2O4S. The summed E-state index contributed by atoms with van der Waals surface area (Å²) in [4.78, 5) is 16.9. The number of nitrogens with zero attached hydrogens (tertiary/aromatic N) is 2. The second kappa shape index (κ2) is 7.13. The number of carbonyl (C=O) groups excluding carboxylic acids is 1. The zero-order valence-electron chi connectivity index (χ0n) is 13.0. The molecule has 0 aliphatic rings. The van der Waals surface area contributed by atoms with Gasteiger partial charge < -0.3 is 18.8 Å². The average Bonchev–Trinajstić information content (AvgIpc) is 2.91. The number of benzene rings is 1. The molecular weight excluding hydrogens is 304 g/mol. The van der Waals surface area contributed by atoms with Crippen LogP contribution in [0.1, 0.15) is 5.56 Å². The van der Waals surface area contributed by atoms with E-state index < -0.39 is 0 Å². The summed E-state index contributed by atoms with van der Waals surface area (Å²) in [5, 5.41) is 1.88. The van der Waals surface area contributed by atoms with E-state index in [2.05, 4.69) is 4.99 Å². The highest BCUT2D eigenvalue weighted by molar-refractivity contribution is 7.07. The van der Waals surface area contributed by atoms with E-state index in [0.717, 1.165) is 5.56 Å². The summed E-state index contributed by atoms with van der Waals surface area (Å²) in [6, 6.07) is 3.51. The SMILES string of the molecule is COc1cc(CC(=O)N=c2sccn2C)cc(OC)c1OC. The molecule has 118 valence electrons. The Kier molecular flexibility index (Phi) is 5.21. The molecule has 6 nitrogen and oxygen atoms in total. The Labute approximate surface area is 132 Å². The van der Waals surface area contributed by atoms with Crippen molar-refractivity contribution in [2.75, 3.05) is 21.3 Å². The maximum atomic E-state index is 12.1. The number of thiazole rings is 1. The van der Waals surface area contributed by atoms with Gasteiger partial charge in [0.25, 0.3) is 5.91 Å². The Hall–Kier alpha value is -2.28. The van der Waals surface area contributed by atoms with Crippen LogP contribution in [-0.2, 0) is 18.3 Å². The lowest BCUT2D eigenvalue weighted by atomic mass is 10.1. The molecule has 0 aliphatic carbocycles. The molecule has 1 aromatic carbocycles. The molecule has 0 atom stereocenters. The van der Waals surface area contributed by atoms with Crippen LogP contribution in [0, 0.1) is 0 Å². The van der Waals surface area contributed by atoms with Gasteiger partial charge in [-0.3, -0.25) is 4.79 Å². The fourth-order valence-corrected chi connectivity index (χ4v) is 2.74. The number of aryl methyl sites for hydroxylation is 1. The normalized spacial score (nSPS) is 11.4. The van der Waals surface area contributed by atoms with Crippen LogP contribution in [0.2, 0.25) is 0 Å². The molecule has 0 spiro atoms. The largest absolute Gasteiger partial charge is 0.493 e. The first kappa shape index (κ1) is 16.1. The Balaban J connectivity index is 2.30. The molecule has 7 heteroatoms. The van der Waals surface area contributed by atoms with Crippen molar-refractivity contribution in [1.82, 2.24) is 4.57 Å². The lowest BCUT2D eigenvalue weighted by molar-refractivity contribution is -0.117. The van der Waals surface area contributed by atoms with Gasteiger partial charge in [-0.15, -0.1) is 11.3 Å². The first-order valence-electron chi connectivity index (χ1n) is 6.55. The Morgan fingerprint density at radius 3 is 2.27 bits per heavy atom. The molecule has 0 saturated carbocycles. The van der Waals surface area contributed by atoms with Gasteiger partial charge in [-0.25, -0.2) is 0 Å². The first-order valence-corrected chi connectivity index (χ1v) is 7.43. The number of rotatable bonds is 5. The van der Waals surface area contributed by atoms with Crippen molar-refractivity contribution >= 4 is 17.2 Å². The fraction of sp³-hybridized carbons (Fsp3) is 0.333. The molecule has 0 N–H and O–H groups in total. The van der Waals surface area contributed by atoms with Gasteiger partial charge >= 0.3 is 0 Å². The highest BCUT2D eigenvalue weighted by Gasteiger charge is 2.14. The van der Waals surface area contributed by atoms with E-state index in [9.17, 15) is 4.79 Å². The highest BCUT2D eigenvalue weighted by atomic mass is 32.1. The van der Waals surface area contributed by atoms with Gasteiger partial charge in [-0.2, -0.15) is 4.99 Å². The molecule has 0 saturated heterocycles. The van der Waals surface area contributed by atoms with Gasteiger partial charge in [-0.05, 0) is 17.7 Å². The predicted molar refractivity (Wildman–Crippen MR) is 83.7 cm³/mol. The third kappa shape index (κ3) is 3.48. The van der Waals surface area contributed by atoms with Crippen molar-refractivity contribution in [3.63, 3.8) is 0 Å². The number of methoxy groups -OCH3 is 3. The van der Waals surface area contributed by atoms with Gasteiger partial charge in [0.1, 0.15) is 0 Å². The van der Waals surface area contributed by atoms with Crippen molar-refractivity contribution in [2.24, 2.45) is 12.0 Å². The Morgan fingerprint density at radius 1 is 1.18 bits per heavy atom. The topological polar surface area (TPSA) is 62.0 Å². The van der Waals surface area contributed by atoms with Crippen LogP contribution in [0.25, 0.3) is 0 Å². The van der Waals surface area contributed by atoms with Crippen molar-refractivity contribution < 1.29 is 19.0 Å². The number of hydrogen-bond donors (Lipinski definition) is 0. The molecule has 1 amide bonds. The van der Waals surface area contributed by atoms with E-state index in [1.165, 1.54) is 18.4 Å². The van der Waals surface area contributed by atoms with Crippen molar-refractivity contribution in [1.29, 1.82) is 0 Å². The summed E-state index contributed by atoms with van der Waals surface area (Å²) >= 11 is 1.42. The summed E-state index contributed by atoms with van der Waals surface area (Å²) in [6.45, 7) is 0. The van der Waals surface area contributed by atoms with Crippen LogP contribution in [0.4, 0.5) is 0 Å². The molecule has 1 heterocycles. The Morgan fingerprint density at radius 2 is 1.82 bits per heavy atom. The third-order valence-corrected chi connectivity index (χ3v) is 3.91. The molecule has 2 rings (SSSR count). The number of aromatic nitrogens is 1. The van der Waals surface area contributed by atoms with Crippen LogP contribution >= 0.6 is 11.3 Å². The molecule has 22 heavy (non-hydrogen) atoms. The second-order valence-electron chi connectivity index (χ2n) is 4.51. The molecule has 0 unspecified atom stereocenters. The summed E-state index contributed by atoms with van der Waals surface area (Å²) in [7, 11) is 6.47. The third-order valence-electron chi connectivity index (χ3n) is 3.06. The fourth-order valence-electron chi connectivity index (χ4n) is 1.99. The standard InChI is InChI=1S/C15H18N2O4S/c1-17-5-6-22-15(17)16-13(18)9-10-7-11(19-2)14(21-4)12(8-10)20-3/h5-8H,9H2,1-4H3. The minimum absolute atomic E-state index is 0.161. The van der Waals surface area contributed by atoms with Gasteiger partial charge in [0.2, 0.25) is 5.75 Å². The molecule has 1 aromatic heterocycles. The first-order chi connectivity index (χ1) is 10.6. The maximum Gasteiger partial charge on any atom is 0.252 e. The van der Waals surface area contributed by atoms with E-state index in [4.69, 9.17) is 14.2 Å². The summed E-state index contributed by atoms with van der Waals surface area (Å²) < 4.78 is 17.6. The molecule has 2 aromatic rings. The quantitative estimate of drug-likeness (QED) is 0.842. The maximum absolute atomic E-state index is 12.1. The average molecular weight is 322 g/mol. The van der Waals surface area contributed by atoms with Crippen molar-refractivity contribution in [3.8, 4) is 17.2 Å². The van der Waals surface area contributed by atoms with Crippen LogP contribution in [0.15, 0.2) is 28.7 Å². The van der Waals surface area contributed by atoms with E-state index in [-0.39, 0.29) is 12.3 Å². The zero-order valence-corrected chi connectivity index (χ0v) is 13.8. The number of hydrogen-bond acceptors (Lipinski definition) is 5. The number of ether oxygens (including phenoxy) is 3. The van der Waals surface area contributed by atoms with Crippen LogP contribution in [0.3, 0.4) is 0 Å². The van der Waals surface area contributed by atoms with Crippen molar-refractivity contribution in [2.45, 2.75) is 6.42 Å². The van der Waals surface area contributed by atoms with E-state index in [0.29, 0.717) is 22.0 Å². The smallest absolute Gasteiger partial charge is 0.252 e. The molecule has 0 aliphatic heterocycles. The van der Waals surface area contributed by atoms with E-state index in [1.54, 1.807) is 30.9 Å². The Bertz CT molecular complexity index is 708. The van der Waals surface area contributed by atoms with Crippen molar-refractivity contribution in [3.05, 3.63) is 34.1 Å². The molecule has 0 fully saturated rings. The monoisotopic (exact) mass is 322 g/mol. The summed E-state index contributed by atoms with van der Waals surface area (Å²) in [5.41, 5.74) is 0.752. The summed E-state index contributed by atoms with van der Waals surface area (Å²) in [5.74, 6) is 1.31. The van der Waals surface area contributed by atoms with Gasteiger partial charge in [0.15, 0.2) is 16.3 Å². The van der Waals surface area contributed by atoms with Crippen LogP contribution < -0.4 is 19.0 Å². The minimum Gasteiger partial charge on any atom is -0.493 e. The van der Waals surface area contributed by atoms with E-state index >= 15 is 0 Å². The molecule has 0 bridgehead atoms. The van der Waals surface area contributed by atoms with Crippen LogP contribution in [0.5, 0.6) is 17.2 Å². The lowest BCUT2D eigenvalue weighted by Gasteiger charge is -2.13. The van der Waals surface area contributed by atoms with Gasteiger partial charge in [-0.1, -0.05) is 0 Å². The molecule has 0 radical (unpaired) electrons. The summed E-state index contributed by atoms with van der Waals surface area (Å²) in [6.07, 6.45) is 2.02. The number of carbonyl (C=O) groups is 1. The van der Waals surface area contributed by atoms with Crippen LogP contribution in [-0.4, -0.2) is 31.8 Å². The predicted octanol–water partition coefficient (Wildman–Crippen LogP) is 1.78. The highest BCUT2D eigenvalue weighted by Crippen LogP contribution is 2.38. The van der Waals surface area contributed by atoms with Gasteiger partial charge in [0.05, 0.1) is 27.8 Å². The second-order valence-corrected chi connectivity index (χ2v) is 5.39. The zero-order chi connectivity index (χ0) is 16.1. The van der Waals surface area contributed by atoms with E-state index in [1.807, 2.05) is 18.6 Å². The number of amides is 1. The van der Waals surface area contributed by atoms with Gasteiger partial charge in [0, 0.05) is 18.6 Å². The lowest BCUT2D eigenvalue weighted by Crippen LogP contribution is -2.13. The minimum atomic E-state index is -0.229.